The summed E-state index contributed by atoms with van der Waals surface area (Å²) >= 11 is 0. The summed E-state index contributed by atoms with van der Waals surface area (Å²) in [6, 6.07) is 18.5. The third-order valence-electron chi connectivity index (χ3n) is 5.60. The van der Waals surface area contributed by atoms with Crippen LogP contribution >= 0.6 is 0 Å². The Labute approximate surface area is 177 Å². The molecular formula is C24H25NO4S. The summed E-state index contributed by atoms with van der Waals surface area (Å²) in [6.45, 7) is 2.93. The SMILES string of the molecule is Cc1ccc(C(=O)OCc2cccc3ccccc23)cc1S(=O)(=O)N1CCCCC1. The van der Waals surface area contributed by atoms with Crippen molar-refractivity contribution in [3.63, 3.8) is 0 Å². The van der Waals surface area contributed by atoms with Crippen molar-refractivity contribution >= 4 is 26.8 Å². The van der Waals surface area contributed by atoms with Crippen molar-refractivity contribution in [3.05, 3.63) is 77.4 Å². The molecular weight excluding hydrogens is 398 g/mol. The highest BCUT2D eigenvalue weighted by atomic mass is 32.2. The minimum Gasteiger partial charge on any atom is -0.457 e. The van der Waals surface area contributed by atoms with Gasteiger partial charge in [-0.2, -0.15) is 4.31 Å². The first-order valence-corrected chi connectivity index (χ1v) is 11.7. The van der Waals surface area contributed by atoms with E-state index in [4.69, 9.17) is 4.74 Å². The standard InChI is InChI=1S/C24H25NO4S/c1-18-12-13-20(16-23(18)30(27,28)25-14-5-2-6-15-25)24(26)29-17-21-10-7-9-19-8-3-4-11-22(19)21/h3-4,7-13,16H,2,5-6,14-15,17H2,1H3. The van der Waals surface area contributed by atoms with Crippen LogP contribution in [0.3, 0.4) is 0 Å². The van der Waals surface area contributed by atoms with Gasteiger partial charge in [-0.05, 0) is 53.8 Å². The minimum atomic E-state index is -3.62. The molecule has 6 heteroatoms. The van der Waals surface area contributed by atoms with E-state index in [1.807, 2.05) is 42.5 Å². The molecule has 1 fully saturated rings. The van der Waals surface area contributed by atoms with Crippen molar-refractivity contribution in [1.29, 1.82) is 0 Å². The summed E-state index contributed by atoms with van der Waals surface area (Å²) in [4.78, 5) is 12.9. The average molecular weight is 424 g/mol. The molecule has 1 aliphatic heterocycles. The number of benzene rings is 3. The van der Waals surface area contributed by atoms with E-state index in [0.29, 0.717) is 18.7 Å². The summed E-state index contributed by atoms with van der Waals surface area (Å²) < 4.78 is 33.2. The van der Waals surface area contributed by atoms with Crippen molar-refractivity contribution in [3.8, 4) is 0 Å². The zero-order chi connectivity index (χ0) is 21.1. The summed E-state index contributed by atoms with van der Waals surface area (Å²) in [5, 5.41) is 2.11. The maximum absolute atomic E-state index is 13.1. The Morgan fingerprint density at radius 2 is 1.70 bits per heavy atom. The van der Waals surface area contributed by atoms with E-state index in [1.54, 1.807) is 19.1 Å². The fourth-order valence-electron chi connectivity index (χ4n) is 3.89. The molecule has 0 N–H and O–H groups in total. The molecule has 156 valence electrons. The van der Waals surface area contributed by atoms with Gasteiger partial charge in [-0.15, -0.1) is 0 Å². The number of rotatable bonds is 5. The van der Waals surface area contributed by atoms with Crippen molar-refractivity contribution in [2.75, 3.05) is 13.1 Å². The molecule has 0 spiro atoms. The summed E-state index contributed by atoms with van der Waals surface area (Å²) in [7, 11) is -3.62. The van der Waals surface area contributed by atoms with Gasteiger partial charge < -0.3 is 4.74 Å². The lowest BCUT2D eigenvalue weighted by Crippen LogP contribution is -2.36. The van der Waals surface area contributed by atoms with Crippen LogP contribution in [0.5, 0.6) is 0 Å². The fraction of sp³-hybridized carbons (Fsp3) is 0.292. The van der Waals surface area contributed by atoms with E-state index < -0.39 is 16.0 Å². The summed E-state index contributed by atoms with van der Waals surface area (Å²) in [6.07, 6.45) is 2.78. The predicted molar refractivity (Wildman–Crippen MR) is 117 cm³/mol. The lowest BCUT2D eigenvalue weighted by Gasteiger charge is -2.26. The number of ether oxygens (including phenoxy) is 1. The molecule has 0 atom stereocenters. The molecule has 5 nitrogen and oxygen atoms in total. The molecule has 1 saturated heterocycles. The summed E-state index contributed by atoms with van der Waals surface area (Å²) in [5.74, 6) is -0.530. The van der Waals surface area contributed by atoms with Gasteiger partial charge in [0.25, 0.3) is 0 Å². The van der Waals surface area contributed by atoms with Gasteiger partial charge >= 0.3 is 5.97 Å². The van der Waals surface area contributed by atoms with Gasteiger partial charge in [-0.1, -0.05) is 55.0 Å². The Balaban J connectivity index is 1.55. The van der Waals surface area contributed by atoms with Crippen molar-refractivity contribution in [2.24, 2.45) is 0 Å². The van der Waals surface area contributed by atoms with Gasteiger partial charge in [-0.25, -0.2) is 13.2 Å². The normalized spacial score (nSPS) is 15.2. The van der Waals surface area contributed by atoms with E-state index in [1.165, 1.54) is 10.4 Å². The van der Waals surface area contributed by atoms with Gasteiger partial charge in [0.2, 0.25) is 10.0 Å². The van der Waals surface area contributed by atoms with Crippen LogP contribution < -0.4 is 0 Å². The molecule has 0 saturated carbocycles. The number of carbonyl (C=O) groups is 1. The van der Waals surface area contributed by atoms with E-state index in [9.17, 15) is 13.2 Å². The van der Waals surface area contributed by atoms with Crippen LogP contribution in [0.15, 0.2) is 65.6 Å². The molecule has 0 aromatic heterocycles. The van der Waals surface area contributed by atoms with Gasteiger partial charge in [0.1, 0.15) is 6.61 Å². The Kier molecular flexibility index (Phi) is 5.88. The zero-order valence-electron chi connectivity index (χ0n) is 17.0. The van der Waals surface area contributed by atoms with Crippen LogP contribution in [-0.4, -0.2) is 31.8 Å². The number of aryl methyl sites for hydroxylation is 1. The van der Waals surface area contributed by atoms with Gasteiger partial charge in [0, 0.05) is 13.1 Å². The Bertz CT molecular complexity index is 1180. The van der Waals surface area contributed by atoms with Crippen molar-refractivity contribution in [1.82, 2.24) is 4.31 Å². The van der Waals surface area contributed by atoms with E-state index >= 15 is 0 Å². The first-order chi connectivity index (χ1) is 14.5. The molecule has 30 heavy (non-hydrogen) atoms. The number of fused-ring (bicyclic) bond motifs is 1. The van der Waals surface area contributed by atoms with Crippen LogP contribution in [0.4, 0.5) is 0 Å². The molecule has 3 aromatic carbocycles. The Hall–Kier alpha value is -2.70. The zero-order valence-corrected chi connectivity index (χ0v) is 17.8. The highest BCUT2D eigenvalue weighted by molar-refractivity contribution is 7.89. The number of hydrogen-bond acceptors (Lipinski definition) is 4. The molecule has 0 aliphatic carbocycles. The molecule has 1 heterocycles. The highest BCUT2D eigenvalue weighted by Gasteiger charge is 2.28. The number of sulfonamides is 1. The van der Waals surface area contributed by atoms with Crippen LogP contribution in [0.1, 0.15) is 40.7 Å². The number of nitrogens with zero attached hydrogens (tertiary/aromatic N) is 1. The van der Waals surface area contributed by atoms with Crippen LogP contribution in [0, 0.1) is 6.92 Å². The maximum atomic E-state index is 13.1. The molecule has 0 bridgehead atoms. The summed E-state index contributed by atoms with van der Waals surface area (Å²) in [5.41, 5.74) is 1.79. The van der Waals surface area contributed by atoms with E-state index in [-0.39, 0.29) is 17.1 Å². The Morgan fingerprint density at radius 1 is 0.967 bits per heavy atom. The molecule has 0 unspecified atom stereocenters. The Morgan fingerprint density at radius 3 is 2.50 bits per heavy atom. The average Bonchev–Trinajstić information content (AvgIpc) is 2.78. The van der Waals surface area contributed by atoms with Crippen LogP contribution in [0.25, 0.3) is 10.8 Å². The van der Waals surface area contributed by atoms with Crippen LogP contribution in [-0.2, 0) is 21.4 Å². The van der Waals surface area contributed by atoms with E-state index in [0.717, 1.165) is 35.6 Å². The van der Waals surface area contributed by atoms with Crippen LogP contribution in [0.2, 0.25) is 0 Å². The second kappa shape index (κ2) is 8.58. The van der Waals surface area contributed by atoms with Gasteiger partial charge in [0.15, 0.2) is 0 Å². The van der Waals surface area contributed by atoms with Crippen molar-refractivity contribution < 1.29 is 17.9 Å². The van der Waals surface area contributed by atoms with Gasteiger partial charge in [-0.3, -0.25) is 0 Å². The maximum Gasteiger partial charge on any atom is 0.338 e. The quantitative estimate of drug-likeness (QED) is 0.559. The second-order valence-corrected chi connectivity index (χ2v) is 9.57. The number of hydrogen-bond donors (Lipinski definition) is 0. The molecule has 1 aliphatic rings. The lowest BCUT2D eigenvalue weighted by atomic mass is 10.1. The lowest BCUT2D eigenvalue weighted by molar-refractivity contribution is 0.0474. The second-order valence-electron chi connectivity index (χ2n) is 7.66. The molecule has 4 rings (SSSR count). The highest BCUT2D eigenvalue weighted by Crippen LogP contribution is 2.25. The minimum absolute atomic E-state index is 0.127. The molecule has 0 amide bonds. The first-order valence-electron chi connectivity index (χ1n) is 10.2. The number of carbonyl (C=O) groups excluding carboxylic acids is 1. The van der Waals surface area contributed by atoms with E-state index in [2.05, 4.69) is 0 Å². The van der Waals surface area contributed by atoms with Crippen molar-refractivity contribution in [2.45, 2.75) is 37.7 Å². The topological polar surface area (TPSA) is 63.7 Å². The first kappa shape index (κ1) is 20.6. The molecule has 3 aromatic rings. The monoisotopic (exact) mass is 423 g/mol. The third-order valence-corrected chi connectivity index (χ3v) is 7.64. The smallest absolute Gasteiger partial charge is 0.338 e. The predicted octanol–water partition coefficient (Wildman–Crippen LogP) is 4.68. The third kappa shape index (κ3) is 4.11. The fourth-order valence-corrected chi connectivity index (χ4v) is 5.66. The largest absolute Gasteiger partial charge is 0.457 e. The number of piperidine rings is 1. The van der Waals surface area contributed by atoms with Gasteiger partial charge in [0.05, 0.1) is 10.5 Å². The molecule has 0 radical (unpaired) electrons. The number of esters is 1.